The summed E-state index contributed by atoms with van der Waals surface area (Å²) >= 11 is 0. The van der Waals surface area contributed by atoms with Crippen LogP contribution in [0, 0.1) is 13.8 Å². The molecule has 1 fully saturated rings. The van der Waals surface area contributed by atoms with Crippen molar-refractivity contribution >= 4 is 22.4 Å². The molecule has 0 bridgehead atoms. The molecule has 4 aromatic rings. The second kappa shape index (κ2) is 10.1. The topological polar surface area (TPSA) is 83.4 Å². The van der Waals surface area contributed by atoms with Crippen LogP contribution in [0.4, 0.5) is 5.82 Å². The van der Waals surface area contributed by atoms with E-state index in [1.54, 1.807) is 6.33 Å². The fourth-order valence-electron chi connectivity index (χ4n) is 5.72. The highest BCUT2D eigenvalue weighted by atomic mass is 16.5. The molecule has 2 N–H and O–H groups in total. The standard InChI is InChI=1S/C29H41N7O/c1-8-29(6,37-7)16-31-22-9-11-35(12-10-22)28-20(5)25-23(14-30-28)34-26(24(25)18(2)3)21-13-19(4)27-32-17-33-36(27)15-21/h13-15,17-18,22,31,34H,8-12,16H2,1-7H3. The number of nitrogens with zero attached hydrogens (tertiary/aromatic N) is 5. The minimum Gasteiger partial charge on any atom is -0.377 e. The van der Waals surface area contributed by atoms with Crippen molar-refractivity contribution in [1.29, 1.82) is 0 Å². The molecule has 8 heteroatoms. The first kappa shape index (κ1) is 25.7. The van der Waals surface area contributed by atoms with Crippen molar-refractivity contribution in [3.8, 4) is 11.3 Å². The minimum atomic E-state index is -0.101. The van der Waals surface area contributed by atoms with Gasteiger partial charge in [0.15, 0.2) is 5.65 Å². The highest BCUT2D eigenvalue weighted by molar-refractivity contribution is 5.95. The van der Waals surface area contributed by atoms with E-state index in [0.29, 0.717) is 12.0 Å². The van der Waals surface area contributed by atoms with E-state index < -0.39 is 0 Å². The van der Waals surface area contributed by atoms with Gasteiger partial charge in [-0.3, -0.25) is 0 Å². The van der Waals surface area contributed by atoms with E-state index in [9.17, 15) is 0 Å². The SMILES string of the molecule is CCC(C)(CNC1CCN(c2ncc3[nH]c(-c4cc(C)c5ncnn5c4)c(C(C)C)c3c2C)CC1)OC. The lowest BCUT2D eigenvalue weighted by atomic mass is 9.94. The molecule has 0 amide bonds. The zero-order valence-electron chi connectivity index (χ0n) is 23.4. The fourth-order valence-corrected chi connectivity index (χ4v) is 5.72. The Hall–Kier alpha value is -2.97. The van der Waals surface area contributed by atoms with Gasteiger partial charge in [-0.2, -0.15) is 5.10 Å². The number of methoxy groups -OCH3 is 1. The number of aromatic amines is 1. The molecule has 0 aromatic carbocycles. The Labute approximate surface area is 219 Å². The lowest BCUT2D eigenvalue weighted by Gasteiger charge is -2.36. The molecule has 5 heterocycles. The lowest BCUT2D eigenvalue weighted by molar-refractivity contribution is 0.00110. The number of pyridine rings is 2. The Morgan fingerprint density at radius 3 is 2.65 bits per heavy atom. The fraction of sp³-hybridized carbons (Fsp3) is 0.552. The number of fused-ring (bicyclic) bond motifs is 2. The number of piperidine rings is 1. The van der Waals surface area contributed by atoms with Crippen LogP contribution < -0.4 is 10.2 Å². The molecule has 0 spiro atoms. The Kier molecular flexibility index (Phi) is 6.98. The molecule has 5 rings (SSSR count). The van der Waals surface area contributed by atoms with E-state index in [1.807, 2.05) is 17.8 Å². The Morgan fingerprint density at radius 1 is 1.22 bits per heavy atom. The summed E-state index contributed by atoms with van der Waals surface area (Å²) in [4.78, 5) is 15.5. The summed E-state index contributed by atoms with van der Waals surface area (Å²) in [6, 6.07) is 2.72. The molecule has 0 saturated carbocycles. The van der Waals surface area contributed by atoms with Gasteiger partial charge in [0.1, 0.15) is 12.1 Å². The van der Waals surface area contributed by atoms with Crippen molar-refractivity contribution in [3.05, 3.63) is 41.5 Å². The number of hydrogen-bond acceptors (Lipinski definition) is 6. The van der Waals surface area contributed by atoms with E-state index in [1.165, 1.54) is 16.5 Å². The second-order valence-electron chi connectivity index (χ2n) is 11.2. The van der Waals surface area contributed by atoms with Crippen molar-refractivity contribution in [2.24, 2.45) is 0 Å². The van der Waals surface area contributed by atoms with Gasteiger partial charge in [-0.15, -0.1) is 0 Å². The monoisotopic (exact) mass is 503 g/mol. The third-order valence-corrected chi connectivity index (χ3v) is 8.32. The summed E-state index contributed by atoms with van der Waals surface area (Å²) in [5.74, 6) is 1.46. The van der Waals surface area contributed by atoms with E-state index >= 15 is 0 Å². The summed E-state index contributed by atoms with van der Waals surface area (Å²) in [6.07, 6.45) is 8.91. The minimum absolute atomic E-state index is 0.101. The molecule has 8 nitrogen and oxygen atoms in total. The molecule has 1 aliphatic rings. The van der Waals surface area contributed by atoms with Crippen LogP contribution in [-0.4, -0.2) is 63.0 Å². The molecule has 1 atom stereocenters. The van der Waals surface area contributed by atoms with Gasteiger partial charge in [0.25, 0.3) is 0 Å². The summed E-state index contributed by atoms with van der Waals surface area (Å²) in [5.41, 5.74) is 7.86. The van der Waals surface area contributed by atoms with Crippen LogP contribution in [0.2, 0.25) is 0 Å². The molecule has 198 valence electrons. The van der Waals surface area contributed by atoms with E-state index in [2.05, 4.69) is 79.1 Å². The molecule has 1 saturated heterocycles. The highest BCUT2D eigenvalue weighted by Crippen LogP contribution is 2.39. The van der Waals surface area contributed by atoms with Gasteiger partial charge in [-0.25, -0.2) is 14.5 Å². The van der Waals surface area contributed by atoms with Crippen LogP contribution in [0.15, 0.2) is 24.8 Å². The van der Waals surface area contributed by atoms with Crippen LogP contribution in [0.5, 0.6) is 0 Å². The van der Waals surface area contributed by atoms with Gasteiger partial charge < -0.3 is 19.9 Å². The Bertz CT molecular complexity index is 1390. The van der Waals surface area contributed by atoms with E-state index in [-0.39, 0.29) is 5.60 Å². The maximum Gasteiger partial charge on any atom is 0.158 e. The second-order valence-corrected chi connectivity index (χ2v) is 11.2. The molecular formula is C29H41N7O. The first-order valence-electron chi connectivity index (χ1n) is 13.6. The van der Waals surface area contributed by atoms with Gasteiger partial charge in [0.2, 0.25) is 0 Å². The van der Waals surface area contributed by atoms with Crippen LogP contribution in [0.1, 0.15) is 69.6 Å². The average molecular weight is 504 g/mol. The van der Waals surface area contributed by atoms with Gasteiger partial charge in [0, 0.05) is 55.5 Å². The maximum absolute atomic E-state index is 5.72. The predicted molar refractivity (Wildman–Crippen MR) is 151 cm³/mol. The van der Waals surface area contributed by atoms with Gasteiger partial charge in [-0.1, -0.05) is 20.8 Å². The smallest absolute Gasteiger partial charge is 0.158 e. The Balaban J connectivity index is 1.43. The number of rotatable bonds is 8. The average Bonchev–Trinajstić information content (AvgIpc) is 3.54. The van der Waals surface area contributed by atoms with Crippen molar-refractivity contribution in [1.82, 2.24) is 29.9 Å². The molecule has 37 heavy (non-hydrogen) atoms. The summed E-state index contributed by atoms with van der Waals surface area (Å²) < 4.78 is 7.58. The summed E-state index contributed by atoms with van der Waals surface area (Å²) in [7, 11) is 1.81. The van der Waals surface area contributed by atoms with Crippen LogP contribution in [0.25, 0.3) is 27.8 Å². The normalized spacial score (nSPS) is 16.8. The molecule has 1 aliphatic heterocycles. The predicted octanol–water partition coefficient (Wildman–Crippen LogP) is 5.39. The van der Waals surface area contributed by atoms with Crippen LogP contribution in [0.3, 0.4) is 0 Å². The molecule has 4 aromatic heterocycles. The quantitative estimate of drug-likeness (QED) is 0.336. The third-order valence-electron chi connectivity index (χ3n) is 8.32. The largest absolute Gasteiger partial charge is 0.377 e. The molecular weight excluding hydrogens is 462 g/mol. The molecule has 0 aliphatic carbocycles. The van der Waals surface area contributed by atoms with Crippen LogP contribution in [-0.2, 0) is 4.74 Å². The lowest BCUT2D eigenvalue weighted by Crippen LogP contribution is -2.48. The maximum atomic E-state index is 5.72. The first-order valence-corrected chi connectivity index (χ1v) is 13.6. The zero-order chi connectivity index (χ0) is 26.3. The summed E-state index contributed by atoms with van der Waals surface area (Å²) in [5, 5.41) is 9.44. The van der Waals surface area contributed by atoms with Crippen molar-refractivity contribution in [2.75, 3.05) is 31.6 Å². The van der Waals surface area contributed by atoms with Crippen molar-refractivity contribution in [2.45, 2.75) is 78.4 Å². The van der Waals surface area contributed by atoms with Gasteiger partial charge >= 0.3 is 0 Å². The van der Waals surface area contributed by atoms with Crippen molar-refractivity contribution < 1.29 is 4.74 Å². The number of hydrogen-bond donors (Lipinski definition) is 2. The number of nitrogens with one attached hydrogen (secondary N) is 2. The van der Waals surface area contributed by atoms with Gasteiger partial charge in [0.05, 0.1) is 23.0 Å². The Morgan fingerprint density at radius 2 is 1.97 bits per heavy atom. The van der Waals surface area contributed by atoms with Crippen molar-refractivity contribution in [3.63, 3.8) is 0 Å². The first-order chi connectivity index (χ1) is 17.7. The van der Waals surface area contributed by atoms with Crippen LogP contribution >= 0.6 is 0 Å². The number of anilines is 1. The number of H-pyrrole nitrogens is 1. The molecule has 1 unspecified atom stereocenters. The highest BCUT2D eigenvalue weighted by Gasteiger charge is 2.27. The van der Waals surface area contributed by atoms with Gasteiger partial charge in [-0.05, 0) is 63.1 Å². The summed E-state index contributed by atoms with van der Waals surface area (Å²) in [6.45, 7) is 16.1. The third kappa shape index (κ3) is 4.73. The molecule has 0 radical (unpaired) electrons. The van der Waals surface area contributed by atoms with E-state index in [0.717, 1.165) is 72.7 Å². The zero-order valence-corrected chi connectivity index (χ0v) is 23.4. The number of aromatic nitrogens is 5. The number of ether oxygens (including phenoxy) is 1. The number of aryl methyl sites for hydroxylation is 2. The van der Waals surface area contributed by atoms with E-state index in [4.69, 9.17) is 9.72 Å².